The molecule has 17 heavy (non-hydrogen) atoms. The summed E-state index contributed by atoms with van der Waals surface area (Å²) in [5.41, 5.74) is 0.861. The average Bonchev–Trinajstić information content (AvgIpc) is 2.31. The van der Waals surface area contributed by atoms with Gasteiger partial charge in [-0.05, 0) is 12.1 Å². The van der Waals surface area contributed by atoms with Crippen molar-refractivity contribution in [3.8, 4) is 0 Å². The van der Waals surface area contributed by atoms with Crippen molar-refractivity contribution < 1.29 is 24.6 Å². The Morgan fingerprint density at radius 3 is 1.88 bits per heavy atom. The van der Waals surface area contributed by atoms with Gasteiger partial charge in [0.05, 0.1) is 0 Å². The standard InChI is InChI=1S/C9H11NO.C2H2O4/c1-2-9(11)10-8-6-4-3-5-7-8;3-1(4)2(5)6/h3-7H,2H2,1H3,(H,10,11);(H,3,4)(H,5,6). The van der Waals surface area contributed by atoms with Crippen LogP contribution in [0.2, 0.25) is 0 Å². The van der Waals surface area contributed by atoms with Crippen molar-refractivity contribution in [3.63, 3.8) is 0 Å². The van der Waals surface area contributed by atoms with E-state index in [2.05, 4.69) is 5.32 Å². The van der Waals surface area contributed by atoms with Crippen molar-refractivity contribution >= 4 is 23.5 Å². The van der Waals surface area contributed by atoms with E-state index in [1.807, 2.05) is 37.3 Å². The zero-order valence-corrected chi connectivity index (χ0v) is 9.21. The van der Waals surface area contributed by atoms with Crippen LogP contribution in [0.4, 0.5) is 5.69 Å². The number of carbonyl (C=O) groups is 3. The van der Waals surface area contributed by atoms with Crippen LogP contribution in [0.25, 0.3) is 0 Å². The molecule has 0 fully saturated rings. The summed E-state index contributed by atoms with van der Waals surface area (Å²) in [5, 5.41) is 17.5. The van der Waals surface area contributed by atoms with Crippen LogP contribution in [0, 0.1) is 0 Å². The van der Waals surface area contributed by atoms with Crippen LogP contribution in [-0.4, -0.2) is 28.1 Å². The molecule has 0 aromatic heterocycles. The fourth-order valence-corrected chi connectivity index (χ4v) is 0.771. The van der Waals surface area contributed by atoms with Gasteiger partial charge in [0.1, 0.15) is 0 Å². The van der Waals surface area contributed by atoms with Crippen molar-refractivity contribution in [2.45, 2.75) is 13.3 Å². The first-order chi connectivity index (χ1) is 7.97. The highest BCUT2D eigenvalue weighted by atomic mass is 16.4. The maximum atomic E-state index is 10.9. The number of nitrogens with one attached hydrogen (secondary N) is 1. The number of hydrogen-bond acceptors (Lipinski definition) is 3. The topological polar surface area (TPSA) is 104 Å². The van der Waals surface area contributed by atoms with Crippen molar-refractivity contribution in [2.75, 3.05) is 5.32 Å². The molecule has 3 N–H and O–H groups in total. The van der Waals surface area contributed by atoms with E-state index in [1.54, 1.807) is 0 Å². The lowest BCUT2D eigenvalue weighted by atomic mass is 10.3. The number of rotatable bonds is 2. The Labute approximate surface area is 97.9 Å². The molecule has 6 heteroatoms. The predicted octanol–water partition coefficient (Wildman–Crippen LogP) is 1.19. The molecule has 0 atom stereocenters. The first-order valence-electron chi connectivity index (χ1n) is 4.78. The van der Waals surface area contributed by atoms with Crippen LogP contribution in [0.15, 0.2) is 30.3 Å². The lowest BCUT2D eigenvalue weighted by Crippen LogP contribution is -2.09. The summed E-state index contributed by atoms with van der Waals surface area (Å²) in [6.07, 6.45) is 0.523. The lowest BCUT2D eigenvalue weighted by molar-refractivity contribution is -0.159. The molecule has 0 spiro atoms. The lowest BCUT2D eigenvalue weighted by Gasteiger charge is -2.00. The van der Waals surface area contributed by atoms with E-state index in [0.717, 1.165) is 5.69 Å². The number of carbonyl (C=O) groups excluding carboxylic acids is 1. The zero-order chi connectivity index (χ0) is 13.3. The summed E-state index contributed by atoms with van der Waals surface area (Å²) in [7, 11) is 0. The van der Waals surface area contributed by atoms with E-state index in [1.165, 1.54) is 0 Å². The molecule has 0 radical (unpaired) electrons. The van der Waals surface area contributed by atoms with Gasteiger partial charge in [-0.25, -0.2) is 9.59 Å². The molecule has 0 aliphatic heterocycles. The summed E-state index contributed by atoms with van der Waals surface area (Å²) in [5.74, 6) is -3.60. The van der Waals surface area contributed by atoms with E-state index >= 15 is 0 Å². The number of para-hydroxylation sites is 1. The van der Waals surface area contributed by atoms with Gasteiger partial charge in [0.25, 0.3) is 0 Å². The minimum atomic E-state index is -1.82. The third kappa shape index (κ3) is 7.55. The Morgan fingerprint density at radius 2 is 1.53 bits per heavy atom. The van der Waals surface area contributed by atoms with Gasteiger partial charge < -0.3 is 15.5 Å². The van der Waals surface area contributed by atoms with Crippen LogP contribution in [0.3, 0.4) is 0 Å². The van der Waals surface area contributed by atoms with Crippen LogP contribution in [0.5, 0.6) is 0 Å². The SMILES string of the molecule is CCC(=O)Nc1ccccc1.O=C(O)C(=O)O. The third-order valence-electron chi connectivity index (χ3n) is 1.56. The molecule has 0 saturated heterocycles. The van der Waals surface area contributed by atoms with Crippen molar-refractivity contribution in [1.29, 1.82) is 0 Å². The molecule has 92 valence electrons. The number of anilines is 1. The number of carboxylic acids is 2. The van der Waals surface area contributed by atoms with Gasteiger partial charge in [0.15, 0.2) is 0 Å². The van der Waals surface area contributed by atoms with Crippen LogP contribution in [0.1, 0.15) is 13.3 Å². The molecule has 1 amide bonds. The van der Waals surface area contributed by atoms with Crippen LogP contribution in [-0.2, 0) is 14.4 Å². The summed E-state index contributed by atoms with van der Waals surface area (Å²) in [6, 6.07) is 9.44. The largest absolute Gasteiger partial charge is 0.473 e. The first-order valence-corrected chi connectivity index (χ1v) is 4.78. The van der Waals surface area contributed by atoms with E-state index in [4.69, 9.17) is 19.8 Å². The Bertz CT molecular complexity index is 376. The summed E-state index contributed by atoms with van der Waals surface area (Å²) in [4.78, 5) is 29.1. The van der Waals surface area contributed by atoms with E-state index in [-0.39, 0.29) is 5.91 Å². The second-order valence-corrected chi connectivity index (χ2v) is 2.88. The zero-order valence-electron chi connectivity index (χ0n) is 9.21. The summed E-state index contributed by atoms with van der Waals surface area (Å²) < 4.78 is 0. The van der Waals surface area contributed by atoms with E-state index in [9.17, 15) is 4.79 Å². The molecule has 0 heterocycles. The molecular weight excluding hydrogens is 226 g/mol. The molecule has 0 saturated carbocycles. The average molecular weight is 239 g/mol. The highest BCUT2D eigenvalue weighted by Gasteiger charge is 2.04. The van der Waals surface area contributed by atoms with Gasteiger partial charge in [0, 0.05) is 12.1 Å². The number of amides is 1. The fourth-order valence-electron chi connectivity index (χ4n) is 0.771. The Morgan fingerprint density at radius 1 is 1.06 bits per heavy atom. The minimum Gasteiger partial charge on any atom is -0.473 e. The molecule has 0 aliphatic carbocycles. The van der Waals surface area contributed by atoms with Gasteiger partial charge in [-0.1, -0.05) is 25.1 Å². The van der Waals surface area contributed by atoms with Gasteiger partial charge in [-0.15, -0.1) is 0 Å². The van der Waals surface area contributed by atoms with Crippen LogP contribution >= 0.6 is 0 Å². The quantitative estimate of drug-likeness (QED) is 0.672. The Kier molecular flexibility index (Phi) is 6.77. The summed E-state index contributed by atoms with van der Waals surface area (Å²) in [6.45, 7) is 1.83. The molecule has 6 nitrogen and oxygen atoms in total. The van der Waals surface area contributed by atoms with Crippen molar-refractivity contribution in [1.82, 2.24) is 0 Å². The number of carboxylic acid groups (broad SMARTS) is 2. The van der Waals surface area contributed by atoms with Crippen molar-refractivity contribution in [2.24, 2.45) is 0 Å². The van der Waals surface area contributed by atoms with E-state index in [0.29, 0.717) is 6.42 Å². The first kappa shape index (κ1) is 14.6. The summed E-state index contributed by atoms with van der Waals surface area (Å²) >= 11 is 0. The van der Waals surface area contributed by atoms with Gasteiger partial charge in [-0.3, -0.25) is 4.79 Å². The monoisotopic (exact) mass is 239 g/mol. The van der Waals surface area contributed by atoms with Crippen molar-refractivity contribution in [3.05, 3.63) is 30.3 Å². The van der Waals surface area contributed by atoms with Gasteiger partial charge >= 0.3 is 11.9 Å². The normalized spacial score (nSPS) is 8.53. The van der Waals surface area contributed by atoms with E-state index < -0.39 is 11.9 Å². The number of aliphatic carboxylic acids is 2. The number of benzene rings is 1. The highest BCUT2D eigenvalue weighted by Crippen LogP contribution is 2.04. The molecule has 0 unspecified atom stereocenters. The smallest absolute Gasteiger partial charge is 0.414 e. The third-order valence-corrected chi connectivity index (χ3v) is 1.56. The molecule has 0 aliphatic rings. The van der Waals surface area contributed by atoms with Gasteiger partial charge in [-0.2, -0.15) is 0 Å². The maximum Gasteiger partial charge on any atom is 0.414 e. The Hall–Kier alpha value is -2.37. The highest BCUT2D eigenvalue weighted by molar-refractivity contribution is 6.27. The molecule has 1 aromatic carbocycles. The minimum absolute atomic E-state index is 0.0520. The molecular formula is C11H13NO5. The molecule has 1 aromatic rings. The van der Waals surface area contributed by atoms with Crippen LogP contribution < -0.4 is 5.32 Å². The second-order valence-electron chi connectivity index (χ2n) is 2.88. The second kappa shape index (κ2) is 7.86. The molecule has 1 rings (SSSR count). The fraction of sp³-hybridized carbons (Fsp3) is 0.182. The van der Waals surface area contributed by atoms with Gasteiger partial charge in [0.2, 0.25) is 5.91 Å². The predicted molar refractivity (Wildman–Crippen MR) is 60.6 cm³/mol. The molecule has 0 bridgehead atoms. The Balaban J connectivity index is 0.000000366. The number of hydrogen-bond donors (Lipinski definition) is 3. The maximum absolute atomic E-state index is 10.9.